The van der Waals surface area contributed by atoms with Gasteiger partial charge in [0.2, 0.25) is 0 Å². The molecule has 5 heteroatoms. The standard InChI is InChI=1S/C16H19BrN2O2/c1-19(13-4-6-18-7-5-13)10-11-8-16(20)21-15-9-12(17)2-3-14(11)15/h2-3,8-9,13,18H,4-7,10H2,1H3. The van der Waals surface area contributed by atoms with E-state index in [9.17, 15) is 4.79 Å². The van der Waals surface area contributed by atoms with Gasteiger partial charge in [-0.3, -0.25) is 4.90 Å². The Morgan fingerprint density at radius 2 is 2.10 bits per heavy atom. The number of piperidine rings is 1. The highest BCUT2D eigenvalue weighted by atomic mass is 79.9. The molecule has 1 aliphatic rings. The fraction of sp³-hybridized carbons (Fsp3) is 0.438. The van der Waals surface area contributed by atoms with Crippen molar-refractivity contribution in [3.63, 3.8) is 0 Å². The summed E-state index contributed by atoms with van der Waals surface area (Å²) in [4.78, 5) is 14.1. The number of benzene rings is 1. The lowest BCUT2D eigenvalue weighted by Crippen LogP contribution is -2.40. The average molecular weight is 351 g/mol. The average Bonchev–Trinajstić information content (AvgIpc) is 2.47. The van der Waals surface area contributed by atoms with E-state index in [-0.39, 0.29) is 5.63 Å². The second-order valence-corrected chi connectivity index (χ2v) is 6.54. The highest BCUT2D eigenvalue weighted by Crippen LogP contribution is 2.23. The fourth-order valence-corrected chi connectivity index (χ4v) is 3.32. The van der Waals surface area contributed by atoms with E-state index in [2.05, 4.69) is 33.2 Å². The minimum atomic E-state index is -0.283. The molecule has 0 aliphatic carbocycles. The van der Waals surface area contributed by atoms with Crippen molar-refractivity contribution in [2.45, 2.75) is 25.4 Å². The molecule has 1 saturated heterocycles. The second kappa shape index (κ2) is 6.30. The molecule has 2 aromatic rings. The summed E-state index contributed by atoms with van der Waals surface area (Å²) in [5.74, 6) is 0. The lowest BCUT2D eigenvalue weighted by atomic mass is 10.0. The van der Waals surface area contributed by atoms with Gasteiger partial charge in [-0.15, -0.1) is 0 Å². The van der Waals surface area contributed by atoms with Crippen LogP contribution in [0.5, 0.6) is 0 Å². The molecule has 0 spiro atoms. The van der Waals surface area contributed by atoms with E-state index in [0.29, 0.717) is 11.6 Å². The second-order valence-electron chi connectivity index (χ2n) is 5.63. The molecule has 0 atom stereocenters. The Bertz CT molecular complexity index is 692. The normalized spacial score (nSPS) is 16.7. The van der Waals surface area contributed by atoms with Crippen LogP contribution in [0.3, 0.4) is 0 Å². The minimum Gasteiger partial charge on any atom is -0.423 e. The van der Waals surface area contributed by atoms with Gasteiger partial charge in [0, 0.05) is 28.5 Å². The van der Waals surface area contributed by atoms with Gasteiger partial charge in [0.15, 0.2) is 0 Å². The number of hydrogen-bond acceptors (Lipinski definition) is 4. The summed E-state index contributed by atoms with van der Waals surface area (Å²) in [5, 5.41) is 4.39. The van der Waals surface area contributed by atoms with Crippen LogP contribution in [-0.2, 0) is 6.54 Å². The van der Waals surface area contributed by atoms with E-state index >= 15 is 0 Å². The number of halogens is 1. The largest absolute Gasteiger partial charge is 0.423 e. The van der Waals surface area contributed by atoms with Crippen LogP contribution in [0.1, 0.15) is 18.4 Å². The van der Waals surface area contributed by atoms with Gasteiger partial charge in [-0.1, -0.05) is 15.9 Å². The number of rotatable bonds is 3. The molecule has 1 aromatic heterocycles. The van der Waals surface area contributed by atoms with Crippen LogP contribution < -0.4 is 10.9 Å². The number of nitrogens with one attached hydrogen (secondary N) is 1. The van der Waals surface area contributed by atoms with Crippen molar-refractivity contribution in [1.29, 1.82) is 0 Å². The van der Waals surface area contributed by atoms with Crippen LogP contribution in [0, 0.1) is 0 Å². The fourth-order valence-electron chi connectivity index (χ4n) is 2.98. The SMILES string of the molecule is CN(Cc1cc(=O)oc2cc(Br)ccc12)C1CCNCC1. The maximum absolute atomic E-state index is 11.8. The van der Waals surface area contributed by atoms with Crippen LogP contribution in [-0.4, -0.2) is 31.1 Å². The summed E-state index contributed by atoms with van der Waals surface area (Å²) in [5.41, 5.74) is 1.40. The van der Waals surface area contributed by atoms with Gasteiger partial charge in [0.05, 0.1) is 0 Å². The predicted octanol–water partition coefficient (Wildman–Crippen LogP) is 2.74. The first-order chi connectivity index (χ1) is 10.1. The molecule has 21 heavy (non-hydrogen) atoms. The van der Waals surface area contributed by atoms with E-state index in [1.54, 1.807) is 6.07 Å². The van der Waals surface area contributed by atoms with Gasteiger partial charge in [-0.25, -0.2) is 4.79 Å². The van der Waals surface area contributed by atoms with Crippen molar-refractivity contribution in [3.05, 3.63) is 44.7 Å². The molecule has 112 valence electrons. The molecule has 1 fully saturated rings. The van der Waals surface area contributed by atoms with Gasteiger partial charge in [-0.2, -0.15) is 0 Å². The van der Waals surface area contributed by atoms with Crippen LogP contribution in [0.15, 0.2) is 37.9 Å². The van der Waals surface area contributed by atoms with Crippen molar-refractivity contribution in [2.75, 3.05) is 20.1 Å². The smallest absolute Gasteiger partial charge is 0.336 e. The van der Waals surface area contributed by atoms with Gasteiger partial charge in [0.25, 0.3) is 0 Å². The van der Waals surface area contributed by atoms with Gasteiger partial charge >= 0.3 is 5.63 Å². The van der Waals surface area contributed by atoms with E-state index in [4.69, 9.17) is 4.42 Å². The number of nitrogens with zero attached hydrogens (tertiary/aromatic N) is 1. The molecular weight excluding hydrogens is 332 g/mol. The number of hydrogen-bond donors (Lipinski definition) is 1. The summed E-state index contributed by atoms with van der Waals surface area (Å²) in [7, 11) is 2.13. The van der Waals surface area contributed by atoms with E-state index in [0.717, 1.165) is 47.9 Å². The Hall–Kier alpha value is -1.17. The zero-order chi connectivity index (χ0) is 14.8. The first kappa shape index (κ1) is 14.8. The topological polar surface area (TPSA) is 45.5 Å². The Labute approximate surface area is 132 Å². The van der Waals surface area contributed by atoms with Crippen LogP contribution in [0.25, 0.3) is 11.0 Å². The summed E-state index contributed by atoms with van der Waals surface area (Å²) < 4.78 is 6.21. The molecule has 0 radical (unpaired) electrons. The maximum Gasteiger partial charge on any atom is 0.336 e. The molecule has 3 rings (SSSR count). The van der Waals surface area contributed by atoms with Crippen molar-refractivity contribution in [1.82, 2.24) is 10.2 Å². The Morgan fingerprint density at radius 3 is 2.86 bits per heavy atom. The third kappa shape index (κ3) is 3.36. The Balaban J connectivity index is 1.90. The molecule has 0 amide bonds. The maximum atomic E-state index is 11.8. The van der Waals surface area contributed by atoms with Crippen molar-refractivity contribution in [3.8, 4) is 0 Å². The molecule has 1 aliphatic heterocycles. The molecule has 4 nitrogen and oxygen atoms in total. The van der Waals surface area contributed by atoms with Crippen LogP contribution >= 0.6 is 15.9 Å². The molecule has 0 bridgehead atoms. The highest BCUT2D eigenvalue weighted by molar-refractivity contribution is 9.10. The third-order valence-electron chi connectivity index (χ3n) is 4.14. The molecule has 0 unspecified atom stereocenters. The van der Waals surface area contributed by atoms with Gasteiger partial charge in [-0.05, 0) is 56.7 Å². The molecule has 1 N–H and O–H groups in total. The monoisotopic (exact) mass is 350 g/mol. The van der Waals surface area contributed by atoms with Crippen molar-refractivity contribution in [2.24, 2.45) is 0 Å². The zero-order valence-electron chi connectivity index (χ0n) is 12.1. The van der Waals surface area contributed by atoms with E-state index < -0.39 is 0 Å². The molecular formula is C16H19BrN2O2. The van der Waals surface area contributed by atoms with E-state index in [1.165, 1.54) is 0 Å². The molecule has 0 saturated carbocycles. The summed E-state index contributed by atoms with van der Waals surface area (Å²) in [6.07, 6.45) is 2.31. The Morgan fingerprint density at radius 1 is 1.33 bits per heavy atom. The van der Waals surface area contributed by atoms with Crippen LogP contribution in [0.4, 0.5) is 0 Å². The van der Waals surface area contributed by atoms with Crippen molar-refractivity contribution < 1.29 is 4.42 Å². The number of fused-ring (bicyclic) bond motifs is 1. The summed E-state index contributed by atoms with van der Waals surface area (Å²) in [6.45, 7) is 2.91. The van der Waals surface area contributed by atoms with E-state index in [1.807, 2.05) is 18.2 Å². The summed E-state index contributed by atoms with van der Waals surface area (Å²) >= 11 is 3.42. The zero-order valence-corrected chi connectivity index (χ0v) is 13.6. The van der Waals surface area contributed by atoms with Gasteiger partial charge in [0.1, 0.15) is 5.58 Å². The first-order valence-corrected chi connectivity index (χ1v) is 8.06. The first-order valence-electron chi connectivity index (χ1n) is 7.27. The lowest BCUT2D eigenvalue weighted by Gasteiger charge is -2.31. The minimum absolute atomic E-state index is 0.283. The molecule has 2 heterocycles. The van der Waals surface area contributed by atoms with Gasteiger partial charge < -0.3 is 9.73 Å². The highest BCUT2D eigenvalue weighted by Gasteiger charge is 2.19. The van der Waals surface area contributed by atoms with Crippen LogP contribution in [0.2, 0.25) is 0 Å². The van der Waals surface area contributed by atoms with Crippen molar-refractivity contribution >= 4 is 26.9 Å². The summed E-state index contributed by atoms with van der Waals surface area (Å²) in [6, 6.07) is 8.03. The quantitative estimate of drug-likeness (QED) is 0.864. The predicted molar refractivity (Wildman–Crippen MR) is 87.5 cm³/mol. The lowest BCUT2D eigenvalue weighted by molar-refractivity contribution is 0.192. The Kier molecular flexibility index (Phi) is 4.42. The third-order valence-corrected chi connectivity index (χ3v) is 4.64. The molecule has 1 aromatic carbocycles.